The number of pyridine rings is 1. The van der Waals surface area contributed by atoms with Gasteiger partial charge in [0.1, 0.15) is 11.3 Å². The fourth-order valence-electron chi connectivity index (χ4n) is 2.51. The molecule has 0 fully saturated rings. The van der Waals surface area contributed by atoms with Crippen molar-refractivity contribution in [3.8, 4) is 0 Å². The Morgan fingerprint density at radius 2 is 1.86 bits per heavy atom. The van der Waals surface area contributed by atoms with Crippen LogP contribution in [0.3, 0.4) is 0 Å². The Hall–Kier alpha value is -2.07. The van der Waals surface area contributed by atoms with Gasteiger partial charge in [-0.2, -0.15) is 0 Å². The summed E-state index contributed by atoms with van der Waals surface area (Å²) in [6.45, 7) is 7.15. The molecule has 0 aliphatic heterocycles. The summed E-state index contributed by atoms with van der Waals surface area (Å²) in [4.78, 5) is 9.22. The topological polar surface area (TPSA) is 56.7 Å². The molecule has 2 N–H and O–H groups in total. The largest absolute Gasteiger partial charge is 0.399 e. The molecule has 22 heavy (non-hydrogen) atoms. The van der Waals surface area contributed by atoms with Crippen LogP contribution in [0.5, 0.6) is 0 Å². The van der Waals surface area contributed by atoms with Crippen LogP contribution in [0.25, 0.3) is 11.2 Å². The van der Waals surface area contributed by atoms with Gasteiger partial charge in [-0.25, -0.2) is 9.97 Å². The number of nitrogens with two attached hydrogens (primary N) is 1. The second-order valence-electron chi connectivity index (χ2n) is 6.51. The second kappa shape index (κ2) is 5.29. The number of fused-ring (bicyclic) bond motifs is 1. The molecule has 5 heteroatoms. The molecular formula is C17H19ClN4. The van der Waals surface area contributed by atoms with Crippen LogP contribution in [-0.2, 0) is 12.0 Å². The highest BCUT2D eigenvalue weighted by Crippen LogP contribution is 2.27. The van der Waals surface area contributed by atoms with Crippen molar-refractivity contribution in [1.29, 1.82) is 0 Å². The molecule has 3 aromatic rings. The Morgan fingerprint density at radius 1 is 1.18 bits per heavy atom. The fraction of sp³-hybridized carbons (Fsp3) is 0.294. The van der Waals surface area contributed by atoms with Gasteiger partial charge in [0.25, 0.3) is 0 Å². The number of halogens is 1. The number of aromatic nitrogens is 3. The van der Waals surface area contributed by atoms with Crippen LogP contribution in [0.1, 0.15) is 32.2 Å². The second-order valence-corrected chi connectivity index (χ2v) is 6.95. The minimum Gasteiger partial charge on any atom is -0.399 e. The van der Waals surface area contributed by atoms with Crippen molar-refractivity contribution in [3.63, 3.8) is 0 Å². The summed E-state index contributed by atoms with van der Waals surface area (Å²) in [7, 11) is 0. The summed E-state index contributed by atoms with van der Waals surface area (Å²) in [6, 6.07) is 9.75. The first-order valence-electron chi connectivity index (χ1n) is 7.21. The highest BCUT2D eigenvalue weighted by atomic mass is 35.5. The van der Waals surface area contributed by atoms with Crippen LogP contribution in [0, 0.1) is 0 Å². The van der Waals surface area contributed by atoms with Gasteiger partial charge >= 0.3 is 0 Å². The van der Waals surface area contributed by atoms with Gasteiger partial charge in [0, 0.05) is 17.3 Å². The van der Waals surface area contributed by atoms with Gasteiger partial charge in [0.05, 0.1) is 11.6 Å². The van der Waals surface area contributed by atoms with Crippen molar-refractivity contribution in [2.75, 3.05) is 5.73 Å². The van der Waals surface area contributed by atoms with E-state index in [-0.39, 0.29) is 5.41 Å². The smallest absolute Gasteiger partial charge is 0.160 e. The number of rotatable bonds is 2. The first-order chi connectivity index (χ1) is 10.3. The summed E-state index contributed by atoms with van der Waals surface area (Å²) in [6.07, 6.45) is 1.66. The molecule has 0 saturated heterocycles. The van der Waals surface area contributed by atoms with E-state index in [9.17, 15) is 0 Å². The quantitative estimate of drug-likeness (QED) is 0.727. The Bertz CT molecular complexity index is 813. The minimum atomic E-state index is -0.0824. The first kappa shape index (κ1) is 14.9. The number of hydrogen-bond acceptors (Lipinski definition) is 3. The summed E-state index contributed by atoms with van der Waals surface area (Å²) in [5, 5.41) is 0.602. The van der Waals surface area contributed by atoms with Crippen molar-refractivity contribution in [3.05, 3.63) is 52.9 Å². The van der Waals surface area contributed by atoms with Crippen LogP contribution < -0.4 is 5.73 Å². The van der Waals surface area contributed by atoms with E-state index in [1.54, 1.807) is 6.20 Å². The number of nitrogens with zero attached hydrogens (tertiary/aromatic N) is 3. The molecule has 0 atom stereocenters. The van der Waals surface area contributed by atoms with Crippen LogP contribution in [0.15, 0.2) is 36.5 Å². The average Bonchev–Trinajstić information content (AvgIpc) is 2.79. The van der Waals surface area contributed by atoms with E-state index in [4.69, 9.17) is 22.3 Å². The predicted molar refractivity (Wildman–Crippen MR) is 91.2 cm³/mol. The van der Waals surface area contributed by atoms with Crippen LogP contribution in [0.4, 0.5) is 5.69 Å². The van der Waals surface area contributed by atoms with E-state index in [0.717, 1.165) is 28.2 Å². The molecule has 0 unspecified atom stereocenters. The maximum Gasteiger partial charge on any atom is 0.160 e. The summed E-state index contributed by atoms with van der Waals surface area (Å²) < 4.78 is 2.15. The molecule has 0 bridgehead atoms. The molecule has 0 amide bonds. The third-order valence-corrected chi connectivity index (χ3v) is 3.75. The lowest BCUT2D eigenvalue weighted by Gasteiger charge is -2.20. The predicted octanol–water partition coefficient (Wildman–Crippen LogP) is 4.01. The molecule has 1 aromatic carbocycles. The SMILES string of the molecule is CC(C)(C)c1nc2cc(Cl)cnc2n1Cc1ccc(N)cc1. The average molecular weight is 315 g/mol. The van der Waals surface area contributed by atoms with Gasteiger partial charge < -0.3 is 10.3 Å². The minimum absolute atomic E-state index is 0.0824. The Morgan fingerprint density at radius 3 is 2.50 bits per heavy atom. The number of benzene rings is 1. The lowest BCUT2D eigenvalue weighted by atomic mass is 9.95. The number of anilines is 1. The van der Waals surface area contributed by atoms with Gasteiger partial charge in [-0.3, -0.25) is 0 Å². The van der Waals surface area contributed by atoms with Gasteiger partial charge in [-0.05, 0) is 23.8 Å². The number of nitrogen functional groups attached to an aromatic ring is 1. The molecule has 2 heterocycles. The highest BCUT2D eigenvalue weighted by molar-refractivity contribution is 6.31. The lowest BCUT2D eigenvalue weighted by molar-refractivity contribution is 0.515. The van der Waals surface area contributed by atoms with Crippen LogP contribution >= 0.6 is 11.6 Å². The van der Waals surface area contributed by atoms with Crippen molar-refractivity contribution in [1.82, 2.24) is 14.5 Å². The molecule has 0 radical (unpaired) electrons. The fourth-order valence-corrected chi connectivity index (χ4v) is 2.67. The summed E-state index contributed by atoms with van der Waals surface area (Å²) in [5.41, 5.74) is 9.28. The molecule has 0 aliphatic carbocycles. The van der Waals surface area contributed by atoms with E-state index < -0.39 is 0 Å². The maximum absolute atomic E-state index is 6.05. The summed E-state index contributed by atoms with van der Waals surface area (Å²) in [5.74, 6) is 0.995. The summed E-state index contributed by atoms with van der Waals surface area (Å²) >= 11 is 6.05. The lowest BCUT2D eigenvalue weighted by Crippen LogP contribution is -2.19. The van der Waals surface area contributed by atoms with Crippen LogP contribution in [0.2, 0.25) is 5.02 Å². The third-order valence-electron chi connectivity index (χ3n) is 3.54. The Kier molecular flexibility index (Phi) is 3.57. The van der Waals surface area contributed by atoms with Gasteiger partial charge in [0.2, 0.25) is 0 Å². The van der Waals surface area contributed by atoms with Gasteiger partial charge in [0.15, 0.2) is 5.65 Å². The van der Waals surface area contributed by atoms with Crippen molar-refractivity contribution in [2.45, 2.75) is 32.7 Å². The van der Waals surface area contributed by atoms with Crippen LogP contribution in [-0.4, -0.2) is 14.5 Å². The van der Waals surface area contributed by atoms with E-state index in [1.807, 2.05) is 30.3 Å². The van der Waals surface area contributed by atoms with Gasteiger partial charge in [-0.15, -0.1) is 0 Å². The Balaban J connectivity index is 2.15. The van der Waals surface area contributed by atoms with Crippen molar-refractivity contribution >= 4 is 28.5 Å². The molecule has 3 rings (SSSR count). The molecule has 2 aromatic heterocycles. The zero-order chi connectivity index (χ0) is 15.9. The standard InChI is InChI=1S/C17H19ClN4/c1-17(2,3)16-21-14-8-12(18)9-20-15(14)22(16)10-11-4-6-13(19)7-5-11/h4-9H,10,19H2,1-3H3. The van der Waals surface area contributed by atoms with E-state index in [1.165, 1.54) is 0 Å². The zero-order valence-electron chi connectivity index (χ0n) is 13.0. The van der Waals surface area contributed by atoms with Gasteiger partial charge in [-0.1, -0.05) is 44.5 Å². The molecule has 114 valence electrons. The zero-order valence-corrected chi connectivity index (χ0v) is 13.7. The Labute approximate surface area is 134 Å². The van der Waals surface area contributed by atoms with E-state index in [0.29, 0.717) is 11.6 Å². The molecule has 4 nitrogen and oxygen atoms in total. The monoisotopic (exact) mass is 314 g/mol. The van der Waals surface area contributed by atoms with Crippen molar-refractivity contribution in [2.24, 2.45) is 0 Å². The first-order valence-corrected chi connectivity index (χ1v) is 7.59. The highest BCUT2D eigenvalue weighted by Gasteiger charge is 2.23. The maximum atomic E-state index is 6.05. The third kappa shape index (κ3) is 2.79. The molecule has 0 aliphatic rings. The molecule has 0 saturated carbocycles. The molecular weight excluding hydrogens is 296 g/mol. The molecule has 0 spiro atoms. The number of hydrogen-bond donors (Lipinski definition) is 1. The number of imidazole rings is 1. The van der Waals surface area contributed by atoms with E-state index in [2.05, 4.69) is 30.3 Å². The van der Waals surface area contributed by atoms with Crippen molar-refractivity contribution < 1.29 is 0 Å². The van der Waals surface area contributed by atoms with E-state index >= 15 is 0 Å². The normalized spacial score (nSPS) is 12.0.